The topological polar surface area (TPSA) is 24.9 Å². The quantitative estimate of drug-likeness (QED) is 0.894. The van der Waals surface area contributed by atoms with Gasteiger partial charge < -0.3 is 5.32 Å². The molecular weight excluding hydrogens is 228 g/mol. The van der Waals surface area contributed by atoms with E-state index in [0.717, 1.165) is 6.42 Å². The van der Waals surface area contributed by atoms with Crippen LogP contribution in [0.25, 0.3) is 0 Å². The van der Waals surface area contributed by atoms with Crippen molar-refractivity contribution >= 4 is 11.3 Å². The zero-order valence-electron chi connectivity index (χ0n) is 9.89. The van der Waals surface area contributed by atoms with Crippen molar-refractivity contribution in [2.45, 2.75) is 24.8 Å². The molecular formula is C14H16N2S. The zero-order valence-corrected chi connectivity index (χ0v) is 10.7. The highest BCUT2D eigenvalue weighted by molar-refractivity contribution is 7.09. The number of fused-ring (bicyclic) bond motifs is 1. The molecule has 88 valence electrons. The number of hydrogen-bond donors (Lipinski definition) is 1. The van der Waals surface area contributed by atoms with Gasteiger partial charge in [-0.05, 0) is 24.6 Å². The Balaban J connectivity index is 1.76. The SMILES string of the molecule is CNC(Cc1nccs1)C1Cc2ccccc21. The summed E-state index contributed by atoms with van der Waals surface area (Å²) < 4.78 is 0. The van der Waals surface area contributed by atoms with Crippen LogP contribution in [0.15, 0.2) is 35.8 Å². The van der Waals surface area contributed by atoms with E-state index in [1.54, 1.807) is 11.3 Å². The maximum absolute atomic E-state index is 4.38. The second-order valence-electron chi connectivity index (χ2n) is 4.53. The summed E-state index contributed by atoms with van der Waals surface area (Å²) in [4.78, 5) is 4.38. The van der Waals surface area contributed by atoms with E-state index < -0.39 is 0 Å². The highest BCUT2D eigenvalue weighted by atomic mass is 32.1. The second kappa shape index (κ2) is 4.59. The molecule has 0 saturated heterocycles. The highest BCUT2D eigenvalue weighted by Crippen LogP contribution is 2.38. The summed E-state index contributed by atoms with van der Waals surface area (Å²) in [5.41, 5.74) is 3.03. The number of thiazole rings is 1. The van der Waals surface area contributed by atoms with Gasteiger partial charge in [0, 0.05) is 30.0 Å². The number of likely N-dealkylation sites (N-methyl/N-ethyl adjacent to an activating group) is 1. The fourth-order valence-corrected chi connectivity index (χ4v) is 3.32. The van der Waals surface area contributed by atoms with Crippen LogP contribution in [0.3, 0.4) is 0 Å². The molecule has 17 heavy (non-hydrogen) atoms. The number of rotatable bonds is 4. The molecule has 3 heteroatoms. The van der Waals surface area contributed by atoms with Gasteiger partial charge in [-0.15, -0.1) is 11.3 Å². The van der Waals surface area contributed by atoms with Crippen molar-refractivity contribution < 1.29 is 0 Å². The first kappa shape index (κ1) is 10.9. The smallest absolute Gasteiger partial charge is 0.0940 e. The molecule has 1 heterocycles. The fraction of sp³-hybridized carbons (Fsp3) is 0.357. The number of benzene rings is 1. The van der Waals surface area contributed by atoms with E-state index in [1.165, 1.54) is 22.6 Å². The van der Waals surface area contributed by atoms with Crippen molar-refractivity contribution in [3.63, 3.8) is 0 Å². The maximum atomic E-state index is 4.38. The lowest BCUT2D eigenvalue weighted by Gasteiger charge is -2.36. The minimum absolute atomic E-state index is 0.510. The lowest BCUT2D eigenvalue weighted by Crippen LogP contribution is -2.39. The van der Waals surface area contributed by atoms with Crippen LogP contribution in [0.4, 0.5) is 0 Å². The van der Waals surface area contributed by atoms with Crippen molar-refractivity contribution in [2.75, 3.05) is 7.05 Å². The van der Waals surface area contributed by atoms with Crippen LogP contribution in [-0.2, 0) is 12.8 Å². The van der Waals surface area contributed by atoms with Crippen molar-refractivity contribution in [3.8, 4) is 0 Å². The van der Waals surface area contributed by atoms with E-state index >= 15 is 0 Å². The number of nitrogens with one attached hydrogen (secondary N) is 1. The lowest BCUT2D eigenvalue weighted by molar-refractivity contribution is 0.422. The molecule has 0 radical (unpaired) electrons. The second-order valence-corrected chi connectivity index (χ2v) is 5.51. The summed E-state index contributed by atoms with van der Waals surface area (Å²) in [6.07, 6.45) is 4.13. The molecule has 0 amide bonds. The van der Waals surface area contributed by atoms with E-state index in [2.05, 4.69) is 47.0 Å². The van der Waals surface area contributed by atoms with Gasteiger partial charge in [-0.1, -0.05) is 24.3 Å². The Hall–Kier alpha value is -1.19. The molecule has 1 aromatic carbocycles. The van der Waals surface area contributed by atoms with Gasteiger partial charge in [0.2, 0.25) is 0 Å². The summed E-state index contributed by atoms with van der Waals surface area (Å²) in [5.74, 6) is 0.653. The molecule has 1 aromatic heterocycles. The van der Waals surface area contributed by atoms with Crippen molar-refractivity contribution in [2.24, 2.45) is 0 Å². The van der Waals surface area contributed by atoms with Gasteiger partial charge in [-0.25, -0.2) is 4.98 Å². The Bertz CT molecular complexity index is 493. The van der Waals surface area contributed by atoms with E-state index in [-0.39, 0.29) is 0 Å². The first-order valence-electron chi connectivity index (χ1n) is 6.02. The predicted molar refractivity (Wildman–Crippen MR) is 71.6 cm³/mol. The third-order valence-corrected chi connectivity index (χ3v) is 4.43. The van der Waals surface area contributed by atoms with Crippen molar-refractivity contribution in [1.29, 1.82) is 0 Å². The molecule has 0 saturated carbocycles. The van der Waals surface area contributed by atoms with E-state index in [9.17, 15) is 0 Å². The first-order valence-corrected chi connectivity index (χ1v) is 6.90. The first-order chi connectivity index (χ1) is 8.38. The molecule has 2 nitrogen and oxygen atoms in total. The van der Waals surface area contributed by atoms with Gasteiger partial charge >= 0.3 is 0 Å². The van der Waals surface area contributed by atoms with Crippen LogP contribution in [0.2, 0.25) is 0 Å². The molecule has 0 fully saturated rings. The summed E-state index contributed by atoms with van der Waals surface area (Å²) in [7, 11) is 2.05. The molecule has 2 atom stereocenters. The van der Waals surface area contributed by atoms with Gasteiger partial charge in [-0.3, -0.25) is 0 Å². The van der Waals surface area contributed by atoms with Gasteiger partial charge in [-0.2, -0.15) is 0 Å². The fourth-order valence-electron chi connectivity index (χ4n) is 2.64. The normalized spacial score (nSPS) is 19.5. The lowest BCUT2D eigenvalue weighted by atomic mass is 9.73. The maximum Gasteiger partial charge on any atom is 0.0940 e. The average molecular weight is 244 g/mol. The van der Waals surface area contributed by atoms with E-state index in [0.29, 0.717) is 12.0 Å². The number of aromatic nitrogens is 1. The monoisotopic (exact) mass is 244 g/mol. The highest BCUT2D eigenvalue weighted by Gasteiger charge is 2.32. The molecule has 0 bridgehead atoms. The van der Waals surface area contributed by atoms with Gasteiger partial charge in [0.15, 0.2) is 0 Å². The average Bonchev–Trinajstić information content (AvgIpc) is 2.82. The molecule has 1 aliphatic rings. The summed E-state index contributed by atoms with van der Waals surface area (Å²) in [5, 5.41) is 6.73. The third-order valence-electron chi connectivity index (χ3n) is 3.63. The third kappa shape index (κ3) is 2.01. The van der Waals surface area contributed by atoms with Crippen molar-refractivity contribution in [3.05, 3.63) is 52.0 Å². The summed E-state index contributed by atoms with van der Waals surface area (Å²) in [6.45, 7) is 0. The molecule has 0 spiro atoms. The van der Waals surface area contributed by atoms with Crippen molar-refractivity contribution in [1.82, 2.24) is 10.3 Å². The largest absolute Gasteiger partial charge is 0.316 e. The minimum atomic E-state index is 0.510. The number of nitrogens with zero attached hydrogens (tertiary/aromatic N) is 1. The van der Waals surface area contributed by atoms with Crippen LogP contribution >= 0.6 is 11.3 Å². The van der Waals surface area contributed by atoms with E-state index in [4.69, 9.17) is 0 Å². The predicted octanol–water partition coefficient (Wildman–Crippen LogP) is 2.61. The molecule has 1 aliphatic carbocycles. The molecule has 1 N–H and O–H groups in total. The summed E-state index contributed by atoms with van der Waals surface area (Å²) >= 11 is 1.75. The van der Waals surface area contributed by atoms with Crippen LogP contribution in [0, 0.1) is 0 Å². The Morgan fingerprint density at radius 3 is 3.06 bits per heavy atom. The zero-order chi connectivity index (χ0) is 11.7. The summed E-state index contributed by atoms with van der Waals surface area (Å²) in [6, 6.07) is 9.28. The van der Waals surface area contributed by atoms with Crippen LogP contribution in [0.5, 0.6) is 0 Å². The molecule has 2 unspecified atom stereocenters. The Morgan fingerprint density at radius 2 is 2.35 bits per heavy atom. The Kier molecular flexibility index (Phi) is 2.95. The number of hydrogen-bond acceptors (Lipinski definition) is 3. The molecule has 3 rings (SSSR count). The Morgan fingerprint density at radius 1 is 1.47 bits per heavy atom. The Labute approximate surface area is 106 Å². The standard InChI is InChI=1S/C14H16N2S/c1-15-13(9-14-16-6-7-17-14)12-8-10-4-2-3-5-11(10)12/h2-7,12-13,15H,8-9H2,1H3. The van der Waals surface area contributed by atoms with Crippen LogP contribution < -0.4 is 5.32 Å². The van der Waals surface area contributed by atoms with Crippen LogP contribution in [-0.4, -0.2) is 18.1 Å². The van der Waals surface area contributed by atoms with Crippen LogP contribution in [0.1, 0.15) is 22.1 Å². The van der Waals surface area contributed by atoms with Gasteiger partial charge in [0.1, 0.15) is 0 Å². The van der Waals surface area contributed by atoms with E-state index in [1.807, 2.05) is 6.20 Å². The molecule has 0 aliphatic heterocycles. The molecule has 2 aromatic rings. The van der Waals surface area contributed by atoms with Gasteiger partial charge in [0.25, 0.3) is 0 Å². The minimum Gasteiger partial charge on any atom is -0.316 e. The van der Waals surface area contributed by atoms with Gasteiger partial charge in [0.05, 0.1) is 5.01 Å².